The van der Waals surface area contributed by atoms with Gasteiger partial charge in [0, 0.05) is 29.5 Å². The molecule has 1 aliphatic heterocycles. The molecule has 1 saturated heterocycles. The highest BCUT2D eigenvalue weighted by atomic mass is 35.5. The van der Waals surface area contributed by atoms with Crippen LogP contribution in [0.15, 0.2) is 72.3 Å². The topological polar surface area (TPSA) is 70.1 Å². The maximum Gasteiger partial charge on any atom is 0.300 e. The van der Waals surface area contributed by atoms with Gasteiger partial charge >= 0.3 is 0 Å². The summed E-state index contributed by atoms with van der Waals surface area (Å²) in [6.07, 6.45) is 0. The Kier molecular flexibility index (Phi) is 7.36. The van der Waals surface area contributed by atoms with Gasteiger partial charge < -0.3 is 14.7 Å². The molecule has 4 rings (SSSR count). The number of benzene rings is 3. The Labute approximate surface area is 216 Å². The number of carbonyl (C=O) groups is 2. The monoisotopic (exact) mass is 504 g/mol. The van der Waals surface area contributed by atoms with Crippen LogP contribution in [0.25, 0.3) is 5.76 Å². The van der Waals surface area contributed by atoms with E-state index in [-0.39, 0.29) is 16.9 Å². The molecule has 0 bridgehead atoms. The number of carbonyl (C=O) groups excluding carboxylic acids is 2. The van der Waals surface area contributed by atoms with Gasteiger partial charge in [-0.3, -0.25) is 14.5 Å². The number of methoxy groups -OCH3 is 1. The normalized spacial score (nSPS) is 16.9. The summed E-state index contributed by atoms with van der Waals surface area (Å²) in [5.41, 5.74) is 3.46. The van der Waals surface area contributed by atoms with Crippen LogP contribution in [0.5, 0.6) is 5.75 Å². The Bertz CT molecular complexity index is 1330. The Balaban J connectivity index is 1.93. The number of nitrogens with zero attached hydrogens (tertiary/aromatic N) is 2. The third-order valence-electron chi connectivity index (χ3n) is 6.60. The molecule has 3 aromatic carbocycles. The van der Waals surface area contributed by atoms with Crippen molar-refractivity contribution in [2.24, 2.45) is 0 Å². The molecule has 36 heavy (non-hydrogen) atoms. The number of hydrogen-bond donors (Lipinski definition) is 1. The van der Waals surface area contributed by atoms with Crippen molar-refractivity contribution in [3.63, 3.8) is 0 Å². The van der Waals surface area contributed by atoms with Crippen molar-refractivity contribution in [2.45, 2.75) is 26.8 Å². The van der Waals surface area contributed by atoms with E-state index in [0.717, 1.165) is 29.9 Å². The Morgan fingerprint density at radius 2 is 1.69 bits per heavy atom. The molecule has 1 heterocycles. The third-order valence-corrected chi connectivity index (χ3v) is 6.84. The number of aryl methyl sites for hydroxylation is 1. The van der Waals surface area contributed by atoms with E-state index in [1.165, 1.54) is 18.1 Å². The number of ether oxygens (including phenoxy) is 1. The maximum absolute atomic E-state index is 13.5. The molecule has 1 amide bonds. The first-order chi connectivity index (χ1) is 17.3. The number of ketones is 1. The van der Waals surface area contributed by atoms with Crippen LogP contribution in [-0.2, 0) is 9.59 Å². The van der Waals surface area contributed by atoms with Crippen molar-refractivity contribution < 1.29 is 19.4 Å². The summed E-state index contributed by atoms with van der Waals surface area (Å²) >= 11 is 6.20. The maximum atomic E-state index is 13.5. The van der Waals surface area contributed by atoms with Gasteiger partial charge in [0.2, 0.25) is 0 Å². The molecular weight excluding hydrogens is 476 g/mol. The summed E-state index contributed by atoms with van der Waals surface area (Å²) in [6.45, 7) is 7.78. The number of hydrogen-bond acceptors (Lipinski definition) is 5. The third kappa shape index (κ3) is 4.44. The van der Waals surface area contributed by atoms with Gasteiger partial charge in [-0.05, 0) is 74.4 Å². The molecule has 7 heteroatoms. The zero-order valence-corrected chi connectivity index (χ0v) is 21.5. The zero-order valence-electron chi connectivity index (χ0n) is 20.8. The van der Waals surface area contributed by atoms with Crippen molar-refractivity contribution in [3.8, 4) is 5.75 Å². The Morgan fingerprint density at radius 3 is 2.31 bits per heavy atom. The van der Waals surface area contributed by atoms with Crippen LogP contribution < -0.4 is 14.5 Å². The molecule has 0 aromatic heterocycles. The fourth-order valence-corrected chi connectivity index (χ4v) is 4.88. The van der Waals surface area contributed by atoms with E-state index in [2.05, 4.69) is 18.7 Å². The lowest BCUT2D eigenvalue weighted by Crippen LogP contribution is -2.30. The molecule has 0 aliphatic carbocycles. The summed E-state index contributed by atoms with van der Waals surface area (Å²) in [4.78, 5) is 30.6. The first-order valence-corrected chi connectivity index (χ1v) is 12.3. The first kappa shape index (κ1) is 25.3. The van der Waals surface area contributed by atoms with E-state index in [9.17, 15) is 14.7 Å². The average Bonchev–Trinajstić information content (AvgIpc) is 3.15. The predicted molar refractivity (Wildman–Crippen MR) is 144 cm³/mol. The predicted octanol–water partition coefficient (Wildman–Crippen LogP) is 6.13. The molecule has 186 valence electrons. The molecule has 1 aliphatic rings. The molecule has 0 spiro atoms. The van der Waals surface area contributed by atoms with Crippen LogP contribution in [0.4, 0.5) is 11.4 Å². The van der Waals surface area contributed by atoms with Gasteiger partial charge in [0.25, 0.3) is 11.7 Å². The largest absolute Gasteiger partial charge is 0.507 e. The molecule has 6 nitrogen and oxygen atoms in total. The smallest absolute Gasteiger partial charge is 0.300 e. The fourth-order valence-electron chi connectivity index (χ4n) is 4.71. The standard InChI is InChI=1S/C29H29ClN2O4/c1-5-31(6-2)20-12-14-21(15-13-20)32-26(22-10-8-7-9-18(22)3)25(28(34)29(32)35)27(33)23-17-19(30)11-16-24(23)36-4/h7-17,26,33H,5-6H2,1-4H3/b27-25+. The van der Waals surface area contributed by atoms with Crippen molar-refractivity contribution in [2.75, 3.05) is 30.0 Å². The van der Waals surface area contributed by atoms with Gasteiger partial charge in [-0.2, -0.15) is 0 Å². The zero-order chi connectivity index (χ0) is 26.0. The highest BCUT2D eigenvalue weighted by Gasteiger charge is 2.47. The van der Waals surface area contributed by atoms with Crippen molar-refractivity contribution in [3.05, 3.63) is 94.0 Å². The molecule has 3 aromatic rings. The molecule has 1 N–H and O–H groups in total. The van der Waals surface area contributed by atoms with Crippen LogP contribution >= 0.6 is 11.6 Å². The Morgan fingerprint density at radius 1 is 1.03 bits per heavy atom. The second kappa shape index (κ2) is 10.5. The lowest BCUT2D eigenvalue weighted by Gasteiger charge is -2.28. The van der Waals surface area contributed by atoms with Crippen LogP contribution in [0, 0.1) is 6.92 Å². The summed E-state index contributed by atoms with van der Waals surface area (Å²) in [7, 11) is 1.47. The SMILES string of the molecule is CCN(CC)c1ccc(N2C(=O)C(=O)/C(=C(/O)c3cc(Cl)ccc3OC)C2c2ccccc2C)cc1. The van der Waals surface area contributed by atoms with E-state index in [1.54, 1.807) is 12.1 Å². The van der Waals surface area contributed by atoms with Crippen molar-refractivity contribution in [1.29, 1.82) is 0 Å². The van der Waals surface area contributed by atoms with Crippen molar-refractivity contribution >= 4 is 40.4 Å². The van der Waals surface area contributed by atoms with Gasteiger partial charge in [-0.15, -0.1) is 0 Å². The second-order valence-electron chi connectivity index (χ2n) is 8.56. The lowest BCUT2D eigenvalue weighted by atomic mass is 9.92. The summed E-state index contributed by atoms with van der Waals surface area (Å²) in [5.74, 6) is -1.46. The molecule has 0 radical (unpaired) electrons. The molecule has 0 saturated carbocycles. The average molecular weight is 505 g/mol. The molecule has 1 unspecified atom stereocenters. The van der Waals surface area contributed by atoms with Gasteiger partial charge in [-0.1, -0.05) is 35.9 Å². The minimum Gasteiger partial charge on any atom is -0.507 e. The van der Waals surface area contributed by atoms with E-state index in [1.807, 2.05) is 55.5 Å². The number of aliphatic hydroxyl groups excluding tert-OH is 1. The minimum atomic E-state index is -0.825. The number of amides is 1. The van der Waals surface area contributed by atoms with Crippen LogP contribution in [0.1, 0.15) is 36.6 Å². The Hall–Kier alpha value is -3.77. The van der Waals surface area contributed by atoms with E-state index in [4.69, 9.17) is 16.3 Å². The highest BCUT2D eigenvalue weighted by Crippen LogP contribution is 2.44. The number of Topliss-reactive ketones (excluding diaryl/α,β-unsaturated/α-hetero) is 1. The molecule has 1 atom stereocenters. The summed E-state index contributed by atoms with van der Waals surface area (Å²) < 4.78 is 5.41. The molecule has 1 fully saturated rings. The highest BCUT2D eigenvalue weighted by molar-refractivity contribution is 6.51. The molecular formula is C29H29ClN2O4. The van der Waals surface area contributed by atoms with E-state index < -0.39 is 17.7 Å². The summed E-state index contributed by atoms with van der Waals surface area (Å²) in [5, 5.41) is 11.8. The van der Waals surface area contributed by atoms with Crippen molar-refractivity contribution in [1.82, 2.24) is 0 Å². The second-order valence-corrected chi connectivity index (χ2v) is 9.00. The quantitative estimate of drug-likeness (QED) is 0.238. The number of rotatable bonds is 7. The number of anilines is 2. The van der Waals surface area contributed by atoms with Crippen LogP contribution in [-0.4, -0.2) is 37.0 Å². The van der Waals surface area contributed by atoms with E-state index >= 15 is 0 Å². The van der Waals surface area contributed by atoms with Gasteiger partial charge in [0.15, 0.2) is 0 Å². The summed E-state index contributed by atoms with van der Waals surface area (Å²) in [6, 6.07) is 19.0. The van der Waals surface area contributed by atoms with Gasteiger partial charge in [-0.25, -0.2) is 0 Å². The number of aliphatic hydroxyl groups is 1. The van der Waals surface area contributed by atoms with Gasteiger partial charge in [0.1, 0.15) is 11.5 Å². The van der Waals surface area contributed by atoms with Crippen LogP contribution in [0.2, 0.25) is 5.02 Å². The van der Waals surface area contributed by atoms with Crippen LogP contribution in [0.3, 0.4) is 0 Å². The fraction of sp³-hybridized carbons (Fsp3) is 0.241. The number of halogens is 1. The minimum absolute atomic E-state index is 0.0114. The lowest BCUT2D eigenvalue weighted by molar-refractivity contribution is -0.132. The first-order valence-electron chi connectivity index (χ1n) is 11.9. The van der Waals surface area contributed by atoms with E-state index in [0.29, 0.717) is 16.5 Å². The van der Waals surface area contributed by atoms with Gasteiger partial charge in [0.05, 0.1) is 24.3 Å².